The Hall–Kier alpha value is -2.20. The predicted octanol–water partition coefficient (Wildman–Crippen LogP) is 10.4. The van der Waals surface area contributed by atoms with E-state index in [-0.39, 0.29) is 23.1 Å². The topological polar surface area (TPSA) is 52.6 Å². The lowest BCUT2D eigenvalue weighted by molar-refractivity contribution is -0.144. The number of hydrogen-bond acceptors (Lipinski definition) is 4. The highest BCUT2D eigenvalue weighted by atomic mass is 16.5. The zero-order valence-corrected chi connectivity index (χ0v) is 28.2. The maximum Gasteiger partial charge on any atom is 0.317 e. The van der Waals surface area contributed by atoms with E-state index in [1.165, 1.54) is 68.1 Å². The maximum absolute atomic E-state index is 14.1. The molecule has 1 fully saturated rings. The van der Waals surface area contributed by atoms with Gasteiger partial charge in [-0.3, -0.25) is 9.59 Å². The van der Waals surface area contributed by atoms with Gasteiger partial charge < -0.3 is 9.47 Å². The Kier molecular flexibility index (Phi) is 15.2. The zero-order chi connectivity index (χ0) is 31.1. The van der Waals surface area contributed by atoms with E-state index >= 15 is 0 Å². The molecule has 240 valence electrons. The van der Waals surface area contributed by atoms with E-state index in [4.69, 9.17) is 9.47 Å². The van der Waals surface area contributed by atoms with Crippen LogP contribution in [0, 0.1) is 18.3 Å². The SMILES string of the molecule is CCCCCCCCC=CC(CCCCCC)C(=O)OC1=C(c2c(CC)cc(C)cc2CC)C(=O)CC2(CCOCC2)C1. The summed E-state index contributed by atoms with van der Waals surface area (Å²) in [4.78, 5) is 28.1. The molecule has 0 bridgehead atoms. The van der Waals surface area contributed by atoms with Gasteiger partial charge in [0.2, 0.25) is 0 Å². The number of ketones is 1. The molecule has 3 rings (SSSR count). The van der Waals surface area contributed by atoms with Crippen LogP contribution in [0.2, 0.25) is 0 Å². The van der Waals surface area contributed by atoms with Crippen LogP contribution in [0.3, 0.4) is 0 Å². The highest BCUT2D eigenvalue weighted by Crippen LogP contribution is 2.48. The molecule has 4 nitrogen and oxygen atoms in total. The number of benzene rings is 1. The van der Waals surface area contributed by atoms with Gasteiger partial charge in [-0.05, 0) is 74.0 Å². The maximum atomic E-state index is 14.1. The summed E-state index contributed by atoms with van der Waals surface area (Å²) in [6, 6.07) is 4.41. The lowest BCUT2D eigenvalue weighted by Gasteiger charge is -2.41. The molecule has 43 heavy (non-hydrogen) atoms. The summed E-state index contributed by atoms with van der Waals surface area (Å²) < 4.78 is 12.2. The summed E-state index contributed by atoms with van der Waals surface area (Å²) in [5.41, 5.74) is 5.06. The molecule has 1 atom stereocenters. The number of ether oxygens (including phenoxy) is 2. The van der Waals surface area contributed by atoms with E-state index in [0.29, 0.717) is 37.4 Å². The molecular weight excluding hydrogens is 532 g/mol. The van der Waals surface area contributed by atoms with Crippen molar-refractivity contribution < 1.29 is 19.1 Å². The summed E-state index contributed by atoms with van der Waals surface area (Å²) in [5.74, 6) is 0.271. The molecule has 1 aromatic rings. The van der Waals surface area contributed by atoms with Crippen molar-refractivity contribution >= 4 is 17.3 Å². The molecule has 1 saturated heterocycles. The van der Waals surface area contributed by atoms with Crippen LogP contribution in [0.1, 0.15) is 153 Å². The molecular formula is C39H60O4. The van der Waals surface area contributed by atoms with Gasteiger partial charge in [0.15, 0.2) is 5.78 Å². The minimum atomic E-state index is -0.275. The second-order valence-electron chi connectivity index (χ2n) is 13.2. The summed E-state index contributed by atoms with van der Waals surface area (Å²) in [6.07, 6.45) is 22.7. The van der Waals surface area contributed by atoms with Crippen molar-refractivity contribution in [2.45, 2.75) is 150 Å². The van der Waals surface area contributed by atoms with Gasteiger partial charge in [0.25, 0.3) is 0 Å². The van der Waals surface area contributed by atoms with Crippen LogP contribution in [0.25, 0.3) is 5.57 Å². The van der Waals surface area contributed by atoms with Crippen LogP contribution in [-0.2, 0) is 31.9 Å². The van der Waals surface area contributed by atoms with Gasteiger partial charge in [0.1, 0.15) is 5.76 Å². The minimum Gasteiger partial charge on any atom is -0.430 e. The fourth-order valence-corrected chi connectivity index (χ4v) is 7.00. The number of carbonyl (C=O) groups is 2. The van der Waals surface area contributed by atoms with Gasteiger partial charge in [-0.2, -0.15) is 0 Å². The van der Waals surface area contributed by atoms with E-state index in [2.05, 4.69) is 58.9 Å². The van der Waals surface area contributed by atoms with E-state index in [1.54, 1.807) is 0 Å². The first-order chi connectivity index (χ1) is 20.9. The van der Waals surface area contributed by atoms with Crippen molar-refractivity contribution in [3.63, 3.8) is 0 Å². The molecule has 0 saturated carbocycles. The first-order valence-corrected chi connectivity index (χ1v) is 17.7. The van der Waals surface area contributed by atoms with Crippen LogP contribution in [0.15, 0.2) is 30.0 Å². The largest absolute Gasteiger partial charge is 0.430 e. The van der Waals surface area contributed by atoms with Crippen LogP contribution in [0.4, 0.5) is 0 Å². The third-order valence-electron chi connectivity index (χ3n) is 9.63. The van der Waals surface area contributed by atoms with Crippen LogP contribution < -0.4 is 0 Å². The van der Waals surface area contributed by atoms with Gasteiger partial charge in [-0.25, -0.2) is 0 Å². The van der Waals surface area contributed by atoms with E-state index in [0.717, 1.165) is 56.9 Å². The summed E-state index contributed by atoms with van der Waals surface area (Å²) >= 11 is 0. The third kappa shape index (κ3) is 10.4. The van der Waals surface area contributed by atoms with Gasteiger partial charge >= 0.3 is 5.97 Å². The van der Waals surface area contributed by atoms with Crippen molar-refractivity contribution in [2.24, 2.45) is 11.3 Å². The Morgan fingerprint density at radius 2 is 1.49 bits per heavy atom. The number of esters is 1. The van der Waals surface area contributed by atoms with Crippen LogP contribution in [-0.4, -0.2) is 25.0 Å². The standard InChI is InChI=1S/C39H60O4/c1-6-10-12-14-15-16-17-19-21-33(20-18-13-11-7-2)38(41)43-35-29-39(22-24-42-25-23-39)28-34(40)37(35)36-31(8-3)26-30(5)27-32(36)9-4/h19,21,26-27,33H,6-18,20,22-25,28-29H2,1-5H3. The van der Waals surface area contributed by atoms with E-state index in [9.17, 15) is 9.59 Å². The minimum absolute atomic E-state index is 0.127. The monoisotopic (exact) mass is 592 g/mol. The molecule has 1 aromatic carbocycles. The van der Waals surface area contributed by atoms with Crippen molar-refractivity contribution in [3.05, 3.63) is 52.3 Å². The molecule has 1 heterocycles. The van der Waals surface area contributed by atoms with Crippen molar-refractivity contribution in [2.75, 3.05) is 13.2 Å². The number of rotatable bonds is 18. The number of allylic oxidation sites excluding steroid dienone is 3. The Morgan fingerprint density at radius 1 is 0.884 bits per heavy atom. The smallest absolute Gasteiger partial charge is 0.317 e. The number of Topliss-reactive ketones (excluding diaryl/α,β-unsaturated/α-hetero) is 1. The fraction of sp³-hybridized carbons (Fsp3) is 0.692. The van der Waals surface area contributed by atoms with Crippen LogP contribution in [0.5, 0.6) is 0 Å². The quantitative estimate of drug-likeness (QED) is 0.0966. The van der Waals surface area contributed by atoms with Gasteiger partial charge in [-0.15, -0.1) is 0 Å². The van der Waals surface area contributed by atoms with Gasteiger partial charge in [0, 0.05) is 26.1 Å². The lowest BCUT2D eigenvalue weighted by atomic mass is 9.67. The highest BCUT2D eigenvalue weighted by Gasteiger charge is 2.43. The predicted molar refractivity (Wildman–Crippen MR) is 179 cm³/mol. The third-order valence-corrected chi connectivity index (χ3v) is 9.63. The van der Waals surface area contributed by atoms with Crippen molar-refractivity contribution in [1.29, 1.82) is 0 Å². The van der Waals surface area contributed by atoms with Crippen molar-refractivity contribution in [3.8, 4) is 0 Å². The molecule has 1 aliphatic carbocycles. The first-order valence-electron chi connectivity index (χ1n) is 17.7. The molecule has 1 unspecified atom stereocenters. The molecule has 0 aromatic heterocycles. The van der Waals surface area contributed by atoms with E-state index < -0.39 is 0 Å². The summed E-state index contributed by atoms with van der Waals surface area (Å²) in [7, 11) is 0. The first kappa shape index (κ1) is 35.3. The van der Waals surface area contributed by atoms with Crippen LogP contribution >= 0.6 is 0 Å². The second-order valence-corrected chi connectivity index (χ2v) is 13.2. The fourth-order valence-electron chi connectivity index (χ4n) is 7.00. The number of unbranched alkanes of at least 4 members (excludes halogenated alkanes) is 9. The van der Waals surface area contributed by atoms with E-state index in [1.807, 2.05) is 0 Å². The zero-order valence-electron chi connectivity index (χ0n) is 28.2. The normalized spacial score (nSPS) is 17.7. The Labute approximate surface area is 263 Å². The Morgan fingerprint density at radius 3 is 2.12 bits per heavy atom. The second kappa shape index (κ2) is 18.6. The number of carbonyl (C=O) groups excluding carboxylic acids is 2. The average Bonchev–Trinajstić information content (AvgIpc) is 2.99. The molecule has 2 aliphatic rings. The molecule has 0 amide bonds. The summed E-state index contributed by atoms with van der Waals surface area (Å²) in [5, 5.41) is 0. The van der Waals surface area contributed by atoms with Gasteiger partial charge in [0.05, 0.1) is 11.5 Å². The molecule has 0 radical (unpaired) electrons. The average molecular weight is 593 g/mol. The molecule has 4 heteroatoms. The molecule has 1 spiro atoms. The lowest BCUT2D eigenvalue weighted by Crippen LogP contribution is -2.37. The Balaban J connectivity index is 1.92. The van der Waals surface area contributed by atoms with Crippen molar-refractivity contribution in [1.82, 2.24) is 0 Å². The Bertz CT molecular complexity index is 1060. The summed E-state index contributed by atoms with van der Waals surface area (Å²) in [6.45, 7) is 12.2. The molecule has 1 aliphatic heterocycles. The number of hydrogen-bond donors (Lipinski definition) is 0. The molecule has 0 N–H and O–H groups in total. The highest BCUT2D eigenvalue weighted by molar-refractivity contribution is 6.23. The van der Waals surface area contributed by atoms with Gasteiger partial charge in [-0.1, -0.05) is 115 Å². The number of aryl methyl sites for hydroxylation is 3.